The number of nitrogens with zero attached hydrogens (tertiary/aromatic N) is 2. The van der Waals surface area contributed by atoms with Crippen LogP contribution < -0.4 is 4.90 Å². The van der Waals surface area contributed by atoms with E-state index in [1.165, 1.54) is 0 Å². The number of hydrogen-bond donors (Lipinski definition) is 0. The highest BCUT2D eigenvalue weighted by atomic mass is 32.2. The van der Waals surface area contributed by atoms with E-state index in [1.54, 1.807) is 12.5 Å². The Labute approximate surface area is 123 Å². The molecule has 2 aromatic heterocycles. The lowest BCUT2D eigenvalue weighted by Crippen LogP contribution is -2.44. The molecule has 1 unspecified atom stereocenters. The molecule has 0 aliphatic carbocycles. The summed E-state index contributed by atoms with van der Waals surface area (Å²) in [6.45, 7) is 1.71. The van der Waals surface area contributed by atoms with Gasteiger partial charge in [-0.25, -0.2) is 13.4 Å². The van der Waals surface area contributed by atoms with E-state index in [9.17, 15) is 8.42 Å². The Balaban J connectivity index is 1.69. The molecule has 2 aliphatic rings. The summed E-state index contributed by atoms with van der Waals surface area (Å²) in [5, 5.41) is 1.01. The highest BCUT2D eigenvalue weighted by molar-refractivity contribution is 7.91. The number of furan rings is 1. The number of piperidine rings is 1. The summed E-state index contributed by atoms with van der Waals surface area (Å²) < 4.78 is 29.2. The van der Waals surface area contributed by atoms with Crippen molar-refractivity contribution in [3.8, 4) is 0 Å². The van der Waals surface area contributed by atoms with E-state index in [0.717, 1.165) is 49.1 Å². The number of pyridine rings is 1. The first-order valence-electron chi connectivity index (χ1n) is 7.35. The maximum absolute atomic E-state index is 11.9. The van der Waals surface area contributed by atoms with Crippen LogP contribution in [0.4, 0.5) is 5.82 Å². The molecule has 0 amide bonds. The predicted molar refractivity (Wildman–Crippen MR) is 81.2 cm³/mol. The molecule has 0 bridgehead atoms. The summed E-state index contributed by atoms with van der Waals surface area (Å²) in [5.74, 6) is 1.59. The number of rotatable bonds is 1. The monoisotopic (exact) mass is 306 g/mol. The molecule has 2 aromatic rings. The molecule has 5 nitrogen and oxygen atoms in total. The topological polar surface area (TPSA) is 63.4 Å². The highest BCUT2D eigenvalue weighted by Gasteiger charge is 2.45. The molecule has 0 saturated carbocycles. The zero-order valence-electron chi connectivity index (χ0n) is 11.8. The van der Waals surface area contributed by atoms with Gasteiger partial charge in [-0.1, -0.05) is 0 Å². The van der Waals surface area contributed by atoms with Crippen molar-refractivity contribution in [3.05, 3.63) is 24.6 Å². The molecule has 112 valence electrons. The molecule has 21 heavy (non-hydrogen) atoms. The van der Waals surface area contributed by atoms with E-state index < -0.39 is 9.84 Å². The summed E-state index contributed by atoms with van der Waals surface area (Å²) in [7, 11) is -2.86. The average molecular weight is 306 g/mol. The van der Waals surface area contributed by atoms with Crippen LogP contribution in [0.25, 0.3) is 11.0 Å². The first-order chi connectivity index (χ1) is 10.1. The molecule has 2 saturated heterocycles. The van der Waals surface area contributed by atoms with Crippen molar-refractivity contribution in [1.82, 2.24) is 4.98 Å². The van der Waals surface area contributed by atoms with E-state index in [1.807, 2.05) is 12.1 Å². The molecule has 1 spiro atoms. The number of anilines is 1. The third kappa shape index (κ3) is 2.21. The van der Waals surface area contributed by atoms with Gasteiger partial charge in [-0.2, -0.15) is 0 Å². The molecule has 6 heteroatoms. The van der Waals surface area contributed by atoms with Gasteiger partial charge < -0.3 is 9.32 Å². The van der Waals surface area contributed by atoms with Gasteiger partial charge in [-0.15, -0.1) is 0 Å². The van der Waals surface area contributed by atoms with Crippen LogP contribution in [-0.2, 0) is 9.84 Å². The number of sulfone groups is 1. The minimum Gasteiger partial charge on any atom is -0.464 e. The Morgan fingerprint density at radius 2 is 2.19 bits per heavy atom. The van der Waals surface area contributed by atoms with Crippen LogP contribution in [0.3, 0.4) is 0 Å². The Hall–Kier alpha value is -1.56. The maximum atomic E-state index is 11.9. The Morgan fingerprint density at radius 3 is 3.00 bits per heavy atom. The standard InChI is InChI=1S/C15H18N2O3S/c18-21(19)9-5-15(11-21)4-1-7-17(10-15)14-12-3-8-20-13(12)2-6-16-14/h2-3,6,8H,1,4-5,7,9-11H2. The van der Waals surface area contributed by atoms with Crippen LogP contribution in [0.15, 0.2) is 29.0 Å². The van der Waals surface area contributed by atoms with Gasteiger partial charge in [0.1, 0.15) is 11.4 Å². The van der Waals surface area contributed by atoms with Crippen LogP contribution in [0.5, 0.6) is 0 Å². The van der Waals surface area contributed by atoms with Crippen molar-refractivity contribution in [2.45, 2.75) is 19.3 Å². The molecule has 2 fully saturated rings. The molecule has 0 aromatic carbocycles. The van der Waals surface area contributed by atoms with Gasteiger partial charge in [0.2, 0.25) is 0 Å². The molecule has 2 aliphatic heterocycles. The molecule has 4 rings (SSSR count). The van der Waals surface area contributed by atoms with E-state index in [4.69, 9.17) is 4.42 Å². The molecular formula is C15H18N2O3S. The summed E-state index contributed by atoms with van der Waals surface area (Å²) in [6, 6.07) is 3.79. The SMILES string of the molecule is O=S1(=O)CCC2(CCCN(c3nccc4occc34)C2)C1. The minimum absolute atomic E-state index is 0.0787. The third-order valence-corrected chi connectivity index (χ3v) is 6.67. The van der Waals surface area contributed by atoms with Crippen LogP contribution in [-0.4, -0.2) is 38.0 Å². The Morgan fingerprint density at radius 1 is 1.29 bits per heavy atom. The summed E-state index contributed by atoms with van der Waals surface area (Å²) >= 11 is 0. The van der Waals surface area contributed by atoms with Crippen molar-refractivity contribution < 1.29 is 12.8 Å². The summed E-state index contributed by atoms with van der Waals surface area (Å²) in [5.41, 5.74) is 0.753. The highest BCUT2D eigenvalue weighted by Crippen LogP contribution is 2.42. The minimum atomic E-state index is -2.86. The quantitative estimate of drug-likeness (QED) is 0.808. The maximum Gasteiger partial charge on any atom is 0.150 e. The van der Waals surface area contributed by atoms with E-state index >= 15 is 0 Å². The normalized spacial score (nSPS) is 28.5. The molecule has 4 heterocycles. The van der Waals surface area contributed by atoms with Crippen LogP contribution in [0.2, 0.25) is 0 Å². The van der Waals surface area contributed by atoms with Gasteiger partial charge >= 0.3 is 0 Å². The Bertz CT molecular complexity index is 783. The molecule has 0 radical (unpaired) electrons. The van der Waals surface area contributed by atoms with E-state index in [0.29, 0.717) is 11.5 Å². The zero-order valence-corrected chi connectivity index (χ0v) is 12.6. The smallest absolute Gasteiger partial charge is 0.150 e. The molecular weight excluding hydrogens is 288 g/mol. The van der Waals surface area contributed by atoms with Crippen LogP contribution >= 0.6 is 0 Å². The van der Waals surface area contributed by atoms with Gasteiger partial charge in [0.25, 0.3) is 0 Å². The van der Waals surface area contributed by atoms with Crippen molar-refractivity contribution in [1.29, 1.82) is 0 Å². The Kier molecular flexibility index (Phi) is 2.79. The lowest BCUT2D eigenvalue weighted by molar-refractivity contribution is 0.269. The van der Waals surface area contributed by atoms with Crippen molar-refractivity contribution >= 4 is 26.6 Å². The number of hydrogen-bond acceptors (Lipinski definition) is 5. The average Bonchev–Trinajstić information content (AvgIpc) is 3.03. The number of fused-ring (bicyclic) bond motifs is 1. The molecule has 0 N–H and O–H groups in total. The molecule has 1 atom stereocenters. The van der Waals surface area contributed by atoms with Gasteiger partial charge in [0.05, 0.1) is 23.2 Å². The van der Waals surface area contributed by atoms with Gasteiger partial charge in [-0.3, -0.25) is 0 Å². The van der Waals surface area contributed by atoms with Gasteiger partial charge in [-0.05, 0) is 31.4 Å². The summed E-state index contributed by atoms with van der Waals surface area (Å²) in [4.78, 5) is 6.75. The first kappa shape index (κ1) is 13.1. The fourth-order valence-electron chi connectivity index (χ4n) is 3.83. The van der Waals surface area contributed by atoms with Crippen molar-refractivity contribution in [2.24, 2.45) is 5.41 Å². The second kappa shape index (κ2) is 4.47. The fraction of sp³-hybridized carbons (Fsp3) is 0.533. The fourth-order valence-corrected chi connectivity index (χ4v) is 6.03. The second-order valence-corrected chi connectivity index (χ2v) is 8.52. The van der Waals surface area contributed by atoms with Gasteiger partial charge in [0.15, 0.2) is 9.84 Å². The second-order valence-electron chi connectivity index (χ2n) is 6.33. The van der Waals surface area contributed by atoms with E-state index in [-0.39, 0.29) is 5.41 Å². The summed E-state index contributed by atoms with van der Waals surface area (Å²) in [6.07, 6.45) is 6.24. The van der Waals surface area contributed by atoms with Crippen LogP contribution in [0, 0.1) is 5.41 Å². The lowest BCUT2D eigenvalue weighted by Gasteiger charge is -2.40. The van der Waals surface area contributed by atoms with Crippen molar-refractivity contribution in [2.75, 3.05) is 29.5 Å². The third-order valence-electron chi connectivity index (χ3n) is 4.79. The lowest BCUT2D eigenvalue weighted by atomic mass is 9.79. The number of aromatic nitrogens is 1. The van der Waals surface area contributed by atoms with E-state index in [2.05, 4.69) is 9.88 Å². The van der Waals surface area contributed by atoms with Gasteiger partial charge in [0, 0.05) is 24.7 Å². The van der Waals surface area contributed by atoms with Crippen molar-refractivity contribution in [3.63, 3.8) is 0 Å². The largest absolute Gasteiger partial charge is 0.464 e. The zero-order chi connectivity index (χ0) is 14.5. The first-order valence-corrected chi connectivity index (χ1v) is 9.17. The van der Waals surface area contributed by atoms with Crippen LogP contribution in [0.1, 0.15) is 19.3 Å². The predicted octanol–water partition coefficient (Wildman–Crippen LogP) is 2.23.